The van der Waals surface area contributed by atoms with E-state index in [9.17, 15) is 8.78 Å². The number of hydrogen-bond acceptors (Lipinski definition) is 1. The third-order valence-electron chi connectivity index (χ3n) is 3.35. The van der Waals surface area contributed by atoms with Gasteiger partial charge in [-0.25, -0.2) is 8.78 Å². The molecule has 2 rings (SSSR count). The fourth-order valence-electron chi connectivity index (χ4n) is 2.24. The molecule has 0 aliphatic heterocycles. The Morgan fingerprint density at radius 2 is 1.84 bits per heavy atom. The Bertz CT molecular complexity index is 566. The van der Waals surface area contributed by atoms with Crippen molar-refractivity contribution in [3.05, 3.63) is 70.8 Å². The van der Waals surface area contributed by atoms with Crippen molar-refractivity contribution in [2.45, 2.75) is 19.4 Å². The minimum absolute atomic E-state index is 0.104. The summed E-state index contributed by atoms with van der Waals surface area (Å²) in [5.41, 5.74) is 2.49. The van der Waals surface area contributed by atoms with Gasteiger partial charge in [0.2, 0.25) is 0 Å². The van der Waals surface area contributed by atoms with Crippen LogP contribution >= 0.6 is 0 Å². The van der Waals surface area contributed by atoms with Gasteiger partial charge in [0, 0.05) is 6.04 Å². The fraction of sp³-hybridized carbons (Fsp3) is 0.250. The monoisotopic (exact) mass is 261 g/mol. The molecule has 1 nitrogen and oxygen atoms in total. The van der Waals surface area contributed by atoms with Crippen LogP contribution in [0.4, 0.5) is 8.78 Å². The van der Waals surface area contributed by atoms with E-state index in [0.717, 1.165) is 11.1 Å². The largest absolute Gasteiger partial charge is 0.313 e. The van der Waals surface area contributed by atoms with Crippen LogP contribution in [0.15, 0.2) is 42.5 Å². The average molecular weight is 261 g/mol. The fourth-order valence-corrected chi connectivity index (χ4v) is 2.24. The average Bonchev–Trinajstić information content (AvgIpc) is 2.41. The molecule has 0 saturated carbocycles. The van der Waals surface area contributed by atoms with E-state index >= 15 is 0 Å². The molecule has 2 aromatic carbocycles. The summed E-state index contributed by atoms with van der Waals surface area (Å²) < 4.78 is 27.0. The summed E-state index contributed by atoms with van der Waals surface area (Å²) in [6, 6.07) is 11.3. The lowest BCUT2D eigenvalue weighted by molar-refractivity contribution is 0.547. The molecule has 0 heterocycles. The maximum atomic E-state index is 13.7. The van der Waals surface area contributed by atoms with Gasteiger partial charge in [-0.3, -0.25) is 0 Å². The number of nitrogens with one attached hydrogen (secondary N) is 1. The van der Waals surface area contributed by atoms with Gasteiger partial charge in [-0.05, 0) is 55.3 Å². The molecule has 0 radical (unpaired) electrons. The van der Waals surface area contributed by atoms with Crippen molar-refractivity contribution in [3.8, 4) is 0 Å². The maximum absolute atomic E-state index is 13.7. The van der Waals surface area contributed by atoms with Gasteiger partial charge in [-0.15, -0.1) is 0 Å². The van der Waals surface area contributed by atoms with Crippen molar-refractivity contribution in [2.75, 3.05) is 7.05 Å². The standard InChI is InChI=1S/C16H17F2N/c1-11-7-8-13(17)10-14(11)16(19-2)9-12-5-3-4-6-15(12)18/h3-8,10,16,19H,9H2,1-2H3. The number of hydrogen-bond donors (Lipinski definition) is 1. The number of halogens is 2. The van der Waals surface area contributed by atoms with E-state index in [-0.39, 0.29) is 17.7 Å². The lowest BCUT2D eigenvalue weighted by Crippen LogP contribution is -2.20. The normalized spacial score (nSPS) is 12.4. The predicted octanol–water partition coefficient (Wildman–Crippen LogP) is 3.78. The number of likely N-dealkylation sites (N-methyl/N-ethyl adjacent to an activating group) is 1. The first-order chi connectivity index (χ1) is 9.11. The van der Waals surface area contributed by atoms with Gasteiger partial charge >= 0.3 is 0 Å². The van der Waals surface area contributed by atoms with Gasteiger partial charge in [0.15, 0.2) is 0 Å². The lowest BCUT2D eigenvalue weighted by atomic mass is 9.95. The quantitative estimate of drug-likeness (QED) is 0.883. The minimum Gasteiger partial charge on any atom is -0.313 e. The highest BCUT2D eigenvalue weighted by Gasteiger charge is 2.15. The first kappa shape index (κ1) is 13.7. The second-order valence-electron chi connectivity index (χ2n) is 4.64. The maximum Gasteiger partial charge on any atom is 0.126 e. The van der Waals surface area contributed by atoms with E-state index in [4.69, 9.17) is 0 Å². The smallest absolute Gasteiger partial charge is 0.126 e. The van der Waals surface area contributed by atoms with E-state index < -0.39 is 0 Å². The van der Waals surface area contributed by atoms with Gasteiger partial charge in [-0.1, -0.05) is 24.3 Å². The zero-order valence-electron chi connectivity index (χ0n) is 11.1. The van der Waals surface area contributed by atoms with Crippen molar-refractivity contribution in [1.82, 2.24) is 5.32 Å². The highest BCUT2D eigenvalue weighted by atomic mass is 19.1. The number of aryl methyl sites for hydroxylation is 1. The molecule has 0 spiro atoms. The third kappa shape index (κ3) is 3.18. The Kier molecular flexibility index (Phi) is 4.27. The van der Waals surface area contributed by atoms with E-state index in [1.165, 1.54) is 18.2 Å². The van der Waals surface area contributed by atoms with Crippen molar-refractivity contribution in [3.63, 3.8) is 0 Å². The molecule has 3 heteroatoms. The van der Waals surface area contributed by atoms with E-state index in [0.29, 0.717) is 12.0 Å². The van der Waals surface area contributed by atoms with Crippen LogP contribution in [0.25, 0.3) is 0 Å². The summed E-state index contributed by atoms with van der Waals surface area (Å²) in [4.78, 5) is 0. The van der Waals surface area contributed by atoms with Crippen LogP contribution in [0.3, 0.4) is 0 Å². The van der Waals surface area contributed by atoms with Crippen LogP contribution in [-0.2, 0) is 6.42 Å². The molecule has 0 aliphatic rings. The zero-order valence-corrected chi connectivity index (χ0v) is 11.1. The first-order valence-electron chi connectivity index (χ1n) is 6.28. The molecule has 1 atom stereocenters. The van der Waals surface area contributed by atoms with Crippen molar-refractivity contribution >= 4 is 0 Å². The Morgan fingerprint density at radius 3 is 2.53 bits per heavy atom. The SMILES string of the molecule is CNC(Cc1ccccc1F)c1cc(F)ccc1C. The zero-order chi connectivity index (χ0) is 13.8. The molecular weight excluding hydrogens is 244 g/mol. The Morgan fingerprint density at radius 1 is 1.11 bits per heavy atom. The highest BCUT2D eigenvalue weighted by molar-refractivity contribution is 5.31. The lowest BCUT2D eigenvalue weighted by Gasteiger charge is -2.19. The van der Waals surface area contributed by atoms with Crippen LogP contribution in [0.5, 0.6) is 0 Å². The molecule has 0 saturated heterocycles. The summed E-state index contributed by atoms with van der Waals surface area (Å²) in [5, 5.41) is 3.13. The summed E-state index contributed by atoms with van der Waals surface area (Å²) in [6.07, 6.45) is 0.494. The number of benzene rings is 2. The molecule has 0 amide bonds. The van der Waals surface area contributed by atoms with Gasteiger partial charge < -0.3 is 5.32 Å². The van der Waals surface area contributed by atoms with Crippen LogP contribution in [-0.4, -0.2) is 7.05 Å². The summed E-state index contributed by atoms with van der Waals surface area (Å²) >= 11 is 0. The Labute approximate surface area is 112 Å². The molecule has 0 aromatic heterocycles. The van der Waals surface area contributed by atoms with Crippen LogP contribution < -0.4 is 5.32 Å². The summed E-state index contributed by atoms with van der Waals surface area (Å²) in [7, 11) is 1.80. The second-order valence-corrected chi connectivity index (χ2v) is 4.64. The second kappa shape index (κ2) is 5.93. The molecule has 1 N–H and O–H groups in total. The van der Waals surface area contributed by atoms with Gasteiger partial charge in [-0.2, -0.15) is 0 Å². The Balaban J connectivity index is 2.30. The Hall–Kier alpha value is -1.74. The molecule has 100 valence electrons. The van der Waals surface area contributed by atoms with Crippen LogP contribution in [0, 0.1) is 18.6 Å². The molecule has 1 unspecified atom stereocenters. The minimum atomic E-state index is -0.269. The molecule has 19 heavy (non-hydrogen) atoms. The van der Waals surface area contributed by atoms with Crippen molar-refractivity contribution in [2.24, 2.45) is 0 Å². The van der Waals surface area contributed by atoms with E-state index in [1.54, 1.807) is 25.2 Å². The van der Waals surface area contributed by atoms with E-state index in [2.05, 4.69) is 5.32 Å². The first-order valence-corrected chi connectivity index (χ1v) is 6.28. The third-order valence-corrected chi connectivity index (χ3v) is 3.35. The topological polar surface area (TPSA) is 12.0 Å². The summed E-state index contributed by atoms with van der Waals surface area (Å²) in [5.74, 6) is -0.494. The van der Waals surface area contributed by atoms with Crippen LogP contribution in [0.1, 0.15) is 22.7 Å². The van der Waals surface area contributed by atoms with Gasteiger partial charge in [0.1, 0.15) is 11.6 Å². The van der Waals surface area contributed by atoms with Crippen LogP contribution in [0.2, 0.25) is 0 Å². The van der Waals surface area contributed by atoms with Gasteiger partial charge in [0.05, 0.1) is 0 Å². The predicted molar refractivity (Wildman–Crippen MR) is 73.0 cm³/mol. The number of rotatable bonds is 4. The van der Waals surface area contributed by atoms with E-state index in [1.807, 2.05) is 13.0 Å². The van der Waals surface area contributed by atoms with Crippen molar-refractivity contribution in [1.29, 1.82) is 0 Å². The molecule has 0 fully saturated rings. The van der Waals surface area contributed by atoms with Gasteiger partial charge in [0.25, 0.3) is 0 Å². The van der Waals surface area contributed by atoms with Crippen molar-refractivity contribution < 1.29 is 8.78 Å². The summed E-state index contributed by atoms with van der Waals surface area (Å²) in [6.45, 7) is 1.93. The molecule has 0 aliphatic carbocycles. The molecule has 0 bridgehead atoms. The molecular formula is C16H17F2N. The molecule has 2 aromatic rings. The highest BCUT2D eigenvalue weighted by Crippen LogP contribution is 2.23.